The summed E-state index contributed by atoms with van der Waals surface area (Å²) in [4.78, 5) is 14.7. The molecule has 1 saturated heterocycles. The average Bonchev–Trinajstić information content (AvgIpc) is 2.75. The van der Waals surface area contributed by atoms with Crippen molar-refractivity contribution in [3.8, 4) is 0 Å². The number of nitrogens with zero attached hydrogens (tertiary/aromatic N) is 1. The van der Waals surface area contributed by atoms with Gasteiger partial charge in [0.25, 0.3) is 0 Å². The monoisotopic (exact) mass is 296 g/mol. The van der Waals surface area contributed by atoms with Gasteiger partial charge in [-0.1, -0.05) is 32.6 Å². The summed E-state index contributed by atoms with van der Waals surface area (Å²) in [5, 5.41) is 13.3. The highest BCUT2D eigenvalue weighted by molar-refractivity contribution is 5.81. The Bertz CT molecular complexity index is 340. The Balaban J connectivity index is 1.94. The summed E-state index contributed by atoms with van der Waals surface area (Å²) >= 11 is 0. The fraction of sp³-hybridized carbons (Fsp3) is 0.941. The van der Waals surface area contributed by atoms with Gasteiger partial charge in [-0.05, 0) is 38.5 Å². The van der Waals surface area contributed by atoms with Crippen LogP contribution in [0.3, 0.4) is 0 Å². The molecule has 0 aromatic carbocycles. The molecule has 1 amide bonds. The number of hydrogen-bond donors (Lipinski definition) is 2. The summed E-state index contributed by atoms with van der Waals surface area (Å²) in [5.74, 6) is 0.835. The molecule has 4 heteroatoms. The van der Waals surface area contributed by atoms with E-state index in [1.807, 2.05) is 11.8 Å². The molecule has 0 aromatic rings. The van der Waals surface area contributed by atoms with Gasteiger partial charge in [-0.2, -0.15) is 0 Å². The number of nitrogens with one attached hydrogen (secondary N) is 1. The normalized spacial score (nSPS) is 32.5. The molecule has 0 bridgehead atoms. The molecule has 2 rings (SSSR count). The van der Waals surface area contributed by atoms with Gasteiger partial charge in [0, 0.05) is 18.6 Å². The summed E-state index contributed by atoms with van der Waals surface area (Å²) in [6.07, 6.45) is 9.05. The van der Waals surface area contributed by atoms with E-state index in [0.29, 0.717) is 5.92 Å². The van der Waals surface area contributed by atoms with Crippen molar-refractivity contribution in [3.63, 3.8) is 0 Å². The smallest absolute Gasteiger partial charge is 0.239 e. The minimum Gasteiger partial charge on any atom is -0.394 e. The molecule has 2 aliphatic rings. The standard InChI is InChI=1S/C17H32N2O2/c1-14-8-7-9-17(12-14,13-20)18-15(2)16(21)19-10-5-3-4-6-11-19/h14-15,18,20H,3-13H2,1-2H3. The quantitative estimate of drug-likeness (QED) is 0.837. The molecule has 1 heterocycles. The summed E-state index contributed by atoms with van der Waals surface area (Å²) in [6.45, 7) is 6.13. The summed E-state index contributed by atoms with van der Waals surface area (Å²) < 4.78 is 0. The SMILES string of the molecule is CC1CCCC(CO)(NC(C)C(=O)N2CCCCCC2)C1. The predicted molar refractivity (Wildman–Crippen MR) is 85.1 cm³/mol. The van der Waals surface area contributed by atoms with E-state index in [0.717, 1.165) is 45.2 Å². The number of likely N-dealkylation sites (tertiary alicyclic amines) is 1. The van der Waals surface area contributed by atoms with Crippen molar-refractivity contribution in [3.05, 3.63) is 0 Å². The fourth-order valence-corrected chi connectivity index (χ4v) is 4.07. The van der Waals surface area contributed by atoms with Crippen LogP contribution in [0.25, 0.3) is 0 Å². The largest absolute Gasteiger partial charge is 0.394 e. The molecule has 3 atom stereocenters. The first-order valence-electron chi connectivity index (χ1n) is 8.74. The number of aliphatic hydroxyl groups excluding tert-OH is 1. The lowest BCUT2D eigenvalue weighted by atomic mass is 9.76. The maximum absolute atomic E-state index is 12.6. The van der Waals surface area contributed by atoms with Crippen LogP contribution in [0, 0.1) is 5.92 Å². The number of amides is 1. The molecule has 2 fully saturated rings. The molecule has 1 aliphatic carbocycles. The van der Waals surface area contributed by atoms with Crippen LogP contribution in [0.5, 0.6) is 0 Å². The van der Waals surface area contributed by atoms with Crippen LogP contribution in [0.15, 0.2) is 0 Å². The van der Waals surface area contributed by atoms with Crippen molar-refractivity contribution < 1.29 is 9.90 Å². The van der Waals surface area contributed by atoms with E-state index in [1.54, 1.807) is 0 Å². The van der Waals surface area contributed by atoms with Crippen molar-refractivity contribution in [1.29, 1.82) is 0 Å². The van der Waals surface area contributed by atoms with Crippen LogP contribution in [0.1, 0.15) is 65.2 Å². The topological polar surface area (TPSA) is 52.6 Å². The first-order chi connectivity index (χ1) is 10.1. The second-order valence-corrected chi connectivity index (χ2v) is 7.25. The number of carbonyl (C=O) groups is 1. The number of carbonyl (C=O) groups excluding carboxylic acids is 1. The van der Waals surface area contributed by atoms with Gasteiger partial charge >= 0.3 is 0 Å². The number of hydrogen-bond acceptors (Lipinski definition) is 3. The van der Waals surface area contributed by atoms with Gasteiger partial charge in [-0.15, -0.1) is 0 Å². The lowest BCUT2D eigenvalue weighted by molar-refractivity contribution is -0.134. The lowest BCUT2D eigenvalue weighted by Crippen LogP contribution is -2.58. The Kier molecular flexibility index (Phi) is 6.06. The van der Waals surface area contributed by atoms with E-state index >= 15 is 0 Å². The third kappa shape index (κ3) is 4.43. The maximum atomic E-state index is 12.6. The number of aliphatic hydroxyl groups is 1. The van der Waals surface area contributed by atoms with Gasteiger partial charge in [0.2, 0.25) is 5.91 Å². The second-order valence-electron chi connectivity index (χ2n) is 7.25. The van der Waals surface area contributed by atoms with Gasteiger partial charge in [-0.3, -0.25) is 10.1 Å². The van der Waals surface area contributed by atoms with Crippen LogP contribution in [-0.4, -0.2) is 47.2 Å². The van der Waals surface area contributed by atoms with Gasteiger partial charge in [0.15, 0.2) is 0 Å². The Morgan fingerprint density at radius 1 is 1.29 bits per heavy atom. The zero-order valence-electron chi connectivity index (χ0n) is 13.7. The van der Waals surface area contributed by atoms with Crippen LogP contribution in [0.4, 0.5) is 0 Å². The van der Waals surface area contributed by atoms with Crippen molar-refractivity contribution in [2.45, 2.75) is 76.8 Å². The zero-order valence-corrected chi connectivity index (χ0v) is 13.7. The lowest BCUT2D eigenvalue weighted by Gasteiger charge is -2.42. The highest BCUT2D eigenvalue weighted by atomic mass is 16.3. The Morgan fingerprint density at radius 3 is 2.52 bits per heavy atom. The molecule has 0 spiro atoms. The molecule has 2 N–H and O–H groups in total. The highest BCUT2D eigenvalue weighted by Gasteiger charge is 2.37. The molecular formula is C17H32N2O2. The summed E-state index contributed by atoms with van der Waals surface area (Å²) in [5.41, 5.74) is -0.251. The first kappa shape index (κ1) is 16.8. The van der Waals surface area contributed by atoms with Crippen molar-refractivity contribution in [2.75, 3.05) is 19.7 Å². The van der Waals surface area contributed by atoms with E-state index in [4.69, 9.17) is 0 Å². The molecule has 4 nitrogen and oxygen atoms in total. The summed E-state index contributed by atoms with van der Waals surface area (Å²) in [7, 11) is 0. The average molecular weight is 296 g/mol. The van der Waals surface area contributed by atoms with Gasteiger partial charge in [0.05, 0.1) is 12.6 Å². The first-order valence-corrected chi connectivity index (χ1v) is 8.74. The van der Waals surface area contributed by atoms with E-state index in [-0.39, 0.29) is 24.1 Å². The van der Waals surface area contributed by atoms with Crippen LogP contribution < -0.4 is 5.32 Å². The maximum Gasteiger partial charge on any atom is 0.239 e. The van der Waals surface area contributed by atoms with Crippen molar-refractivity contribution >= 4 is 5.91 Å². The minimum atomic E-state index is -0.251. The zero-order chi connectivity index (χ0) is 15.3. The van der Waals surface area contributed by atoms with Crippen LogP contribution in [0.2, 0.25) is 0 Å². The Morgan fingerprint density at radius 2 is 1.95 bits per heavy atom. The van der Waals surface area contributed by atoms with E-state index in [1.165, 1.54) is 19.3 Å². The van der Waals surface area contributed by atoms with Crippen molar-refractivity contribution in [2.24, 2.45) is 5.92 Å². The fourth-order valence-electron chi connectivity index (χ4n) is 4.07. The Hall–Kier alpha value is -0.610. The molecule has 122 valence electrons. The van der Waals surface area contributed by atoms with E-state index in [2.05, 4.69) is 12.2 Å². The molecule has 21 heavy (non-hydrogen) atoms. The van der Waals surface area contributed by atoms with Crippen molar-refractivity contribution in [1.82, 2.24) is 10.2 Å². The van der Waals surface area contributed by atoms with Crippen LogP contribution >= 0.6 is 0 Å². The second kappa shape index (κ2) is 7.59. The van der Waals surface area contributed by atoms with E-state index in [9.17, 15) is 9.90 Å². The molecule has 0 aromatic heterocycles. The number of rotatable bonds is 4. The van der Waals surface area contributed by atoms with E-state index < -0.39 is 0 Å². The molecule has 1 aliphatic heterocycles. The molecule has 1 saturated carbocycles. The van der Waals surface area contributed by atoms with Gasteiger partial charge in [-0.25, -0.2) is 0 Å². The van der Waals surface area contributed by atoms with Gasteiger partial charge in [0.1, 0.15) is 0 Å². The highest BCUT2D eigenvalue weighted by Crippen LogP contribution is 2.32. The third-order valence-electron chi connectivity index (χ3n) is 5.20. The molecule has 3 unspecified atom stereocenters. The molecule has 0 radical (unpaired) electrons. The summed E-state index contributed by atoms with van der Waals surface area (Å²) in [6, 6.07) is -0.194. The Labute approximate surface area is 129 Å². The molecular weight excluding hydrogens is 264 g/mol. The van der Waals surface area contributed by atoms with Gasteiger partial charge < -0.3 is 10.0 Å². The van der Waals surface area contributed by atoms with Crippen LogP contribution in [-0.2, 0) is 4.79 Å². The third-order valence-corrected chi connectivity index (χ3v) is 5.20. The predicted octanol–water partition coefficient (Wildman–Crippen LogP) is 2.31. The minimum absolute atomic E-state index is 0.134.